The summed E-state index contributed by atoms with van der Waals surface area (Å²) in [4.78, 5) is -2.79. The second kappa shape index (κ2) is 19.1. The molecule has 0 heterocycles. The van der Waals surface area contributed by atoms with Crippen molar-refractivity contribution in [2.45, 2.75) is 14.7 Å². The van der Waals surface area contributed by atoms with Gasteiger partial charge in [0.05, 0.1) is 30.5 Å². The van der Waals surface area contributed by atoms with Crippen molar-refractivity contribution in [3.8, 4) is 39.9 Å². The standard InChI is InChI=1S/C34H27N5O14S3.3Na/c1-52-26-11-16(3-7-23(26)36-38-31-28(55(46,47)48)13-18-9-20(35)5-6-22(18)33(31)41)17-4-8-24(27(12-17)53-2)37-39-32-29(56(49,50)51)14-19-10-21(54(43,44)45)15-25(40)30(19)34(32)42;;;/h3-15,40-42H,35H2,1-2H3,(H,43,44,45)(H,46,47,48)(H,49,50,51);;;/q;3*+1/p-3. The minimum absolute atomic E-state index is 0. The maximum Gasteiger partial charge on any atom is 1.00 e. The number of hydrogen-bond donors (Lipinski definition) is 4. The molecule has 0 aliphatic heterocycles. The summed E-state index contributed by atoms with van der Waals surface area (Å²) in [5, 5.41) is 53.7. The van der Waals surface area contributed by atoms with Gasteiger partial charge in [0.25, 0.3) is 30.4 Å². The van der Waals surface area contributed by atoms with Crippen LogP contribution in [0.25, 0.3) is 32.7 Å². The molecule has 25 heteroatoms. The number of fused-ring (bicyclic) bond motifs is 2. The second-order valence-corrected chi connectivity index (χ2v) is 15.9. The van der Waals surface area contributed by atoms with Crippen molar-refractivity contribution in [2.75, 3.05) is 20.0 Å². The SMILES string of the molecule is COc1cc(-c2ccc(N=Nc3c(S(=O)(=O)O)cc4cc(S(=O)(=O)O)cc([O-])c4c3[O-])c(OC)c2)ccc1N=Nc1c(S(=O)(=O)O)cc2cc(N)ccc2c1[O-].[Na+].[Na+].[Na+]. The Kier molecular flexibility index (Phi) is 16.2. The third kappa shape index (κ3) is 10.5. The Morgan fingerprint density at radius 1 is 0.559 bits per heavy atom. The van der Waals surface area contributed by atoms with Gasteiger partial charge in [-0.25, -0.2) is 0 Å². The Bertz CT molecular complexity index is 3040. The van der Waals surface area contributed by atoms with Crippen LogP contribution in [-0.2, 0) is 30.4 Å². The van der Waals surface area contributed by atoms with Gasteiger partial charge in [-0.3, -0.25) is 13.7 Å². The summed E-state index contributed by atoms with van der Waals surface area (Å²) in [5.41, 5.74) is 5.36. The number of rotatable bonds is 10. The van der Waals surface area contributed by atoms with E-state index in [0.29, 0.717) is 29.3 Å². The van der Waals surface area contributed by atoms with Gasteiger partial charge >= 0.3 is 88.7 Å². The number of methoxy groups -OCH3 is 2. The zero-order valence-electron chi connectivity index (χ0n) is 31.4. The molecule has 5 N–H and O–H groups in total. The van der Waals surface area contributed by atoms with Crippen LogP contribution in [0.3, 0.4) is 0 Å². The number of nitrogen functional groups attached to an aromatic ring is 1. The van der Waals surface area contributed by atoms with E-state index in [1.54, 1.807) is 6.07 Å². The molecule has 0 amide bonds. The molecule has 0 aliphatic carbocycles. The summed E-state index contributed by atoms with van der Waals surface area (Å²) >= 11 is 0. The Morgan fingerprint density at radius 2 is 1.03 bits per heavy atom. The first kappa shape index (κ1) is 49.9. The molecule has 6 rings (SSSR count). The summed E-state index contributed by atoms with van der Waals surface area (Å²) in [5.74, 6) is -3.17. The van der Waals surface area contributed by atoms with Crippen LogP contribution in [0.15, 0.2) is 114 Å². The van der Waals surface area contributed by atoms with Crippen LogP contribution in [0.2, 0.25) is 0 Å². The quantitative estimate of drug-likeness (QED) is 0.0442. The van der Waals surface area contributed by atoms with Crippen LogP contribution in [0.1, 0.15) is 0 Å². The molecule has 6 aromatic rings. The van der Waals surface area contributed by atoms with E-state index in [0.717, 1.165) is 6.07 Å². The molecule has 0 radical (unpaired) electrons. The fourth-order valence-electron chi connectivity index (χ4n) is 5.58. The topological polar surface area (TPSA) is 326 Å². The smallest absolute Gasteiger partial charge is 0.872 e. The van der Waals surface area contributed by atoms with Gasteiger partial charge in [0, 0.05) is 5.69 Å². The van der Waals surface area contributed by atoms with Crippen molar-refractivity contribution < 1.29 is 152 Å². The summed E-state index contributed by atoms with van der Waals surface area (Å²) in [6.45, 7) is 0. The van der Waals surface area contributed by atoms with Crippen molar-refractivity contribution in [1.29, 1.82) is 0 Å². The predicted octanol–water partition coefficient (Wildman–Crippen LogP) is -3.94. The zero-order valence-corrected chi connectivity index (χ0v) is 39.9. The molecular formula is C34H24N5Na3O14S3. The van der Waals surface area contributed by atoms with Crippen LogP contribution in [0.5, 0.6) is 28.7 Å². The van der Waals surface area contributed by atoms with E-state index in [1.807, 2.05) is 0 Å². The summed E-state index contributed by atoms with van der Waals surface area (Å²) in [7, 11) is -12.5. The number of hydrogen-bond acceptors (Lipinski definition) is 16. The minimum Gasteiger partial charge on any atom is -0.872 e. The van der Waals surface area contributed by atoms with Gasteiger partial charge in [-0.05, 0) is 93.3 Å². The largest absolute Gasteiger partial charge is 1.00 e. The van der Waals surface area contributed by atoms with Gasteiger partial charge in [-0.15, -0.1) is 26.2 Å². The molecule has 0 atom stereocenters. The first-order valence-corrected chi connectivity index (χ1v) is 19.7. The maximum atomic E-state index is 13.3. The van der Waals surface area contributed by atoms with Crippen LogP contribution < -0.4 is 119 Å². The van der Waals surface area contributed by atoms with Crippen molar-refractivity contribution in [3.05, 3.63) is 78.9 Å². The first-order valence-electron chi connectivity index (χ1n) is 15.4. The molecule has 0 aromatic heterocycles. The third-order valence-corrected chi connectivity index (χ3v) is 10.8. The molecule has 0 aliphatic rings. The number of ether oxygens (including phenoxy) is 2. The van der Waals surface area contributed by atoms with E-state index in [2.05, 4.69) is 20.5 Å². The van der Waals surface area contributed by atoms with Gasteiger partial charge < -0.3 is 30.5 Å². The van der Waals surface area contributed by atoms with Crippen LogP contribution in [0, 0.1) is 0 Å². The van der Waals surface area contributed by atoms with Gasteiger partial charge in [0.1, 0.15) is 32.7 Å². The van der Waals surface area contributed by atoms with Crippen LogP contribution in [0.4, 0.5) is 28.4 Å². The summed E-state index contributed by atoms with van der Waals surface area (Å²) in [6.07, 6.45) is 0. The fraction of sp³-hybridized carbons (Fsp3) is 0.0588. The van der Waals surface area contributed by atoms with Crippen molar-refractivity contribution in [3.63, 3.8) is 0 Å². The molecule has 0 spiro atoms. The average molecular weight is 892 g/mol. The molecule has 19 nitrogen and oxygen atoms in total. The van der Waals surface area contributed by atoms with Gasteiger partial charge in [0.2, 0.25) is 0 Å². The molecule has 6 aromatic carbocycles. The van der Waals surface area contributed by atoms with E-state index in [9.17, 15) is 54.2 Å². The normalized spacial score (nSPS) is 11.9. The van der Waals surface area contributed by atoms with Crippen LogP contribution in [-0.4, -0.2) is 53.1 Å². The van der Waals surface area contributed by atoms with E-state index in [4.69, 9.17) is 15.2 Å². The molecule has 0 saturated carbocycles. The number of azo groups is 2. The van der Waals surface area contributed by atoms with Crippen molar-refractivity contribution in [2.24, 2.45) is 20.5 Å². The summed E-state index contributed by atoms with van der Waals surface area (Å²) in [6, 6.07) is 15.9. The number of nitrogens with zero attached hydrogens (tertiary/aromatic N) is 4. The molecule has 0 saturated heterocycles. The number of anilines is 1. The Morgan fingerprint density at radius 3 is 1.49 bits per heavy atom. The Labute approximate surface area is 402 Å². The first-order chi connectivity index (χ1) is 26.2. The van der Waals surface area contributed by atoms with Gasteiger partial charge in [-0.2, -0.15) is 25.3 Å². The third-order valence-electron chi connectivity index (χ3n) is 8.19. The predicted molar refractivity (Wildman–Crippen MR) is 193 cm³/mol. The van der Waals surface area contributed by atoms with Gasteiger partial charge in [-0.1, -0.05) is 29.7 Å². The number of nitrogens with two attached hydrogens (primary N) is 1. The van der Waals surface area contributed by atoms with Crippen molar-refractivity contribution >= 4 is 80.3 Å². The monoisotopic (exact) mass is 891 g/mol. The van der Waals surface area contributed by atoms with E-state index in [1.165, 1.54) is 62.8 Å². The molecular weight excluding hydrogens is 868 g/mol. The Hall–Kier alpha value is -3.43. The van der Waals surface area contributed by atoms with Crippen molar-refractivity contribution in [1.82, 2.24) is 0 Å². The average Bonchev–Trinajstić information content (AvgIpc) is 3.12. The van der Waals surface area contributed by atoms with Crippen LogP contribution >= 0.6 is 0 Å². The molecule has 0 bridgehead atoms. The zero-order chi connectivity index (χ0) is 40.9. The molecule has 59 heavy (non-hydrogen) atoms. The van der Waals surface area contributed by atoms with E-state index < -0.39 is 84.4 Å². The minimum atomic E-state index is -5.21. The molecule has 290 valence electrons. The number of benzene rings is 6. The van der Waals surface area contributed by atoms with E-state index >= 15 is 0 Å². The van der Waals surface area contributed by atoms with E-state index in [-0.39, 0.29) is 128 Å². The maximum absolute atomic E-state index is 13.3. The molecule has 0 fully saturated rings. The second-order valence-electron chi connectivity index (χ2n) is 11.7. The fourth-order valence-corrected chi connectivity index (χ4v) is 7.42. The summed E-state index contributed by atoms with van der Waals surface area (Å²) < 4.78 is 112. The Balaban J connectivity index is 0.00000310. The van der Waals surface area contributed by atoms with Gasteiger partial charge in [0.15, 0.2) is 0 Å². The molecule has 0 unspecified atom stereocenters.